The van der Waals surface area contributed by atoms with Crippen molar-refractivity contribution in [2.24, 2.45) is 18.9 Å². The predicted molar refractivity (Wildman–Crippen MR) is 113 cm³/mol. The maximum absolute atomic E-state index is 13.4. The Morgan fingerprint density at radius 3 is 2.77 bits per heavy atom. The summed E-state index contributed by atoms with van der Waals surface area (Å²) >= 11 is 0. The van der Waals surface area contributed by atoms with Crippen LogP contribution in [0.1, 0.15) is 63.4 Å². The molecule has 1 aromatic carbocycles. The van der Waals surface area contributed by atoms with E-state index in [2.05, 4.69) is 16.5 Å². The van der Waals surface area contributed by atoms with Crippen molar-refractivity contribution in [1.82, 2.24) is 9.47 Å². The molecule has 158 valence electrons. The number of piperidine rings is 1. The minimum absolute atomic E-state index is 0.0584. The Bertz CT molecular complexity index is 992. The summed E-state index contributed by atoms with van der Waals surface area (Å²) in [5, 5.41) is 0. The average molecular weight is 409 g/mol. The number of likely N-dealkylation sites (tertiary alicyclic amines) is 1. The molecule has 2 aliphatic carbocycles. The van der Waals surface area contributed by atoms with E-state index in [1.54, 1.807) is 12.1 Å². The van der Waals surface area contributed by atoms with Crippen LogP contribution in [0.2, 0.25) is 0 Å². The minimum Gasteiger partial charge on any atom is -0.351 e. The summed E-state index contributed by atoms with van der Waals surface area (Å²) in [4.78, 5) is 28.1. The molecule has 2 atom stereocenters. The van der Waals surface area contributed by atoms with E-state index in [0.717, 1.165) is 57.3 Å². The molecule has 4 nitrogen and oxygen atoms in total. The fourth-order valence-electron chi connectivity index (χ4n) is 5.89. The quantitative estimate of drug-likeness (QED) is 0.703. The third-order valence-corrected chi connectivity index (χ3v) is 7.51. The van der Waals surface area contributed by atoms with Crippen molar-refractivity contribution in [3.8, 4) is 0 Å². The molecule has 1 aromatic heterocycles. The third-order valence-electron chi connectivity index (χ3n) is 7.51. The first-order chi connectivity index (χ1) is 14.5. The number of Topliss-reactive ketones (excluding diaryl/α,β-unsaturated/α-hetero) is 2. The van der Waals surface area contributed by atoms with Crippen LogP contribution >= 0.6 is 0 Å². The van der Waals surface area contributed by atoms with Crippen molar-refractivity contribution in [3.63, 3.8) is 0 Å². The van der Waals surface area contributed by atoms with Crippen molar-refractivity contribution in [1.29, 1.82) is 0 Å². The van der Waals surface area contributed by atoms with Gasteiger partial charge in [-0.25, -0.2) is 4.39 Å². The molecule has 0 bridgehead atoms. The van der Waals surface area contributed by atoms with Crippen LogP contribution in [0.3, 0.4) is 0 Å². The number of carbonyl (C=O) groups is 2. The summed E-state index contributed by atoms with van der Waals surface area (Å²) in [6.45, 7) is 2.65. The molecule has 3 aliphatic rings. The number of rotatable bonds is 5. The first-order valence-electron chi connectivity index (χ1n) is 11.3. The molecule has 1 fully saturated rings. The normalized spacial score (nSPS) is 23.2. The molecule has 1 aliphatic heterocycles. The Hall–Kier alpha value is -2.27. The van der Waals surface area contributed by atoms with E-state index in [-0.39, 0.29) is 17.5 Å². The van der Waals surface area contributed by atoms with E-state index in [1.165, 1.54) is 35.5 Å². The van der Waals surface area contributed by atoms with E-state index in [9.17, 15) is 14.0 Å². The molecule has 0 spiro atoms. The molecular weight excluding hydrogens is 379 g/mol. The van der Waals surface area contributed by atoms with Gasteiger partial charge in [0.2, 0.25) is 0 Å². The van der Waals surface area contributed by atoms with Crippen LogP contribution in [0, 0.1) is 17.7 Å². The van der Waals surface area contributed by atoms with Crippen molar-refractivity contribution < 1.29 is 14.0 Å². The Morgan fingerprint density at radius 2 is 1.97 bits per heavy atom. The van der Waals surface area contributed by atoms with E-state index in [0.29, 0.717) is 23.7 Å². The van der Waals surface area contributed by atoms with Gasteiger partial charge in [0.15, 0.2) is 11.6 Å². The molecule has 5 rings (SSSR count). The number of hydrogen-bond donors (Lipinski definition) is 0. The molecule has 0 unspecified atom stereocenters. The van der Waals surface area contributed by atoms with Gasteiger partial charge in [0.1, 0.15) is 5.82 Å². The van der Waals surface area contributed by atoms with Gasteiger partial charge in [-0.05, 0) is 87.4 Å². The average Bonchev–Trinajstić information content (AvgIpc) is 3.32. The van der Waals surface area contributed by atoms with Crippen LogP contribution in [0.4, 0.5) is 4.39 Å². The zero-order valence-electron chi connectivity index (χ0n) is 17.6. The second kappa shape index (κ2) is 7.77. The highest BCUT2D eigenvalue weighted by Crippen LogP contribution is 2.41. The number of ketones is 2. The summed E-state index contributed by atoms with van der Waals surface area (Å²) in [6.07, 6.45) is 6.64. The molecule has 0 amide bonds. The Balaban J connectivity index is 1.21. The van der Waals surface area contributed by atoms with Gasteiger partial charge in [0, 0.05) is 48.4 Å². The van der Waals surface area contributed by atoms with Gasteiger partial charge in [-0.3, -0.25) is 9.59 Å². The molecule has 30 heavy (non-hydrogen) atoms. The molecule has 0 radical (unpaired) electrons. The summed E-state index contributed by atoms with van der Waals surface area (Å²) in [6, 6.07) is 5.78. The standard InChI is InChI=1S/C25H29FN2O2/c1-27-21-5-2-4-19(21)24-22(27)14-17-11-13-28(15-20(17)25(24)30)12-3-6-23(29)16-7-9-18(26)10-8-16/h7-10,17,20H,2-6,11-15H2,1H3/t17-,20+/m0/s1. The highest BCUT2D eigenvalue weighted by Gasteiger charge is 2.43. The van der Waals surface area contributed by atoms with Crippen molar-refractivity contribution in [2.45, 2.75) is 44.9 Å². The van der Waals surface area contributed by atoms with Crippen LogP contribution < -0.4 is 0 Å². The fraction of sp³-hybridized carbons (Fsp3) is 0.520. The molecule has 0 saturated carbocycles. The highest BCUT2D eigenvalue weighted by molar-refractivity contribution is 6.02. The number of halogens is 1. The van der Waals surface area contributed by atoms with Crippen LogP contribution in [-0.2, 0) is 26.3 Å². The van der Waals surface area contributed by atoms with Crippen LogP contribution in [0.5, 0.6) is 0 Å². The Labute approximate surface area is 177 Å². The summed E-state index contributed by atoms with van der Waals surface area (Å²) in [5.74, 6) is 0.663. The Morgan fingerprint density at radius 1 is 1.17 bits per heavy atom. The van der Waals surface area contributed by atoms with Crippen molar-refractivity contribution >= 4 is 11.6 Å². The molecule has 2 aromatic rings. The van der Waals surface area contributed by atoms with Gasteiger partial charge < -0.3 is 9.47 Å². The van der Waals surface area contributed by atoms with E-state index in [4.69, 9.17) is 0 Å². The first kappa shape index (κ1) is 19.7. The zero-order chi connectivity index (χ0) is 20.8. The predicted octanol–water partition coefficient (Wildman–Crippen LogP) is 3.99. The fourth-order valence-corrected chi connectivity index (χ4v) is 5.89. The van der Waals surface area contributed by atoms with Gasteiger partial charge in [0.25, 0.3) is 0 Å². The second-order valence-corrected chi connectivity index (χ2v) is 9.22. The van der Waals surface area contributed by atoms with Crippen molar-refractivity contribution in [3.05, 3.63) is 58.2 Å². The first-order valence-corrected chi connectivity index (χ1v) is 11.3. The number of carbonyl (C=O) groups excluding carboxylic acids is 2. The molecule has 2 heterocycles. The van der Waals surface area contributed by atoms with E-state index in [1.807, 2.05) is 0 Å². The maximum Gasteiger partial charge on any atom is 0.169 e. The monoisotopic (exact) mass is 408 g/mol. The SMILES string of the molecule is Cn1c2c(c3c1C[C@@H]1CCN(CCCC(=O)c4ccc(F)cc4)C[C@H]1C3=O)CCC2. The smallest absolute Gasteiger partial charge is 0.169 e. The van der Waals surface area contributed by atoms with Gasteiger partial charge >= 0.3 is 0 Å². The minimum atomic E-state index is -0.321. The number of fused-ring (bicyclic) bond motifs is 4. The van der Waals surface area contributed by atoms with Gasteiger partial charge in [-0.15, -0.1) is 0 Å². The van der Waals surface area contributed by atoms with E-state index < -0.39 is 0 Å². The summed E-state index contributed by atoms with van der Waals surface area (Å²) in [5.41, 5.74) is 5.63. The molecular formula is C25H29FN2O2. The zero-order valence-corrected chi connectivity index (χ0v) is 17.6. The topological polar surface area (TPSA) is 42.3 Å². The molecule has 1 saturated heterocycles. The number of benzene rings is 1. The lowest BCUT2D eigenvalue weighted by molar-refractivity contribution is 0.0650. The Kier molecular flexibility index (Phi) is 5.10. The number of aromatic nitrogens is 1. The molecule has 5 heteroatoms. The lowest BCUT2D eigenvalue weighted by Gasteiger charge is -2.40. The van der Waals surface area contributed by atoms with Gasteiger partial charge in [0.05, 0.1) is 0 Å². The summed E-state index contributed by atoms with van der Waals surface area (Å²) in [7, 11) is 2.14. The largest absolute Gasteiger partial charge is 0.351 e. The maximum atomic E-state index is 13.4. The number of nitrogens with zero attached hydrogens (tertiary/aromatic N) is 2. The molecule has 0 N–H and O–H groups in total. The second-order valence-electron chi connectivity index (χ2n) is 9.22. The third kappa shape index (κ3) is 3.33. The van der Waals surface area contributed by atoms with Gasteiger partial charge in [-0.1, -0.05) is 0 Å². The van der Waals surface area contributed by atoms with Crippen LogP contribution in [0.15, 0.2) is 24.3 Å². The van der Waals surface area contributed by atoms with Crippen molar-refractivity contribution in [2.75, 3.05) is 19.6 Å². The van der Waals surface area contributed by atoms with Crippen LogP contribution in [0.25, 0.3) is 0 Å². The van der Waals surface area contributed by atoms with Crippen LogP contribution in [-0.4, -0.2) is 40.7 Å². The number of hydrogen-bond acceptors (Lipinski definition) is 3. The highest BCUT2D eigenvalue weighted by atomic mass is 19.1. The summed E-state index contributed by atoms with van der Waals surface area (Å²) < 4.78 is 15.4. The van der Waals surface area contributed by atoms with E-state index >= 15 is 0 Å². The lowest BCUT2D eigenvalue weighted by atomic mass is 9.72. The van der Waals surface area contributed by atoms with Gasteiger partial charge in [-0.2, -0.15) is 0 Å². The lowest BCUT2D eigenvalue weighted by Crippen LogP contribution is -2.47.